The Labute approximate surface area is 70.3 Å². The molecule has 0 radical (unpaired) electrons. The van der Waals surface area contributed by atoms with Crippen LogP contribution in [0.4, 0.5) is 0 Å². The summed E-state index contributed by atoms with van der Waals surface area (Å²) in [5.41, 5.74) is 0. The molecule has 0 rings (SSSR count). The van der Waals surface area contributed by atoms with Crippen LogP contribution in [0.3, 0.4) is 0 Å². The molecule has 0 aromatic rings. The molecule has 54 valence electrons. The minimum atomic E-state index is 0. The van der Waals surface area contributed by atoms with Gasteiger partial charge in [0.25, 0.3) is 0 Å². The van der Waals surface area contributed by atoms with Crippen LogP contribution < -0.4 is 0 Å². The summed E-state index contributed by atoms with van der Waals surface area (Å²) < 4.78 is 0. The number of hydrogen-bond acceptors (Lipinski definition) is 0. The van der Waals surface area contributed by atoms with Gasteiger partial charge in [-0.05, 0) is 0 Å². The molecule has 0 aliphatic heterocycles. The minimum absolute atomic E-state index is 0. The average molecular weight is 288 g/mol. The molecule has 0 atom stereocenters. The molecule has 0 bridgehead atoms. The van der Waals surface area contributed by atoms with Crippen LogP contribution in [0.2, 0.25) is 0 Å². The van der Waals surface area contributed by atoms with Crippen LogP contribution in [-0.4, -0.2) is 0 Å². The van der Waals surface area contributed by atoms with E-state index in [0.29, 0.717) is 0 Å². The average Bonchev–Trinajstić information content (AvgIpc) is 1.46. The van der Waals surface area contributed by atoms with E-state index in [1.807, 2.05) is 34.1 Å². The van der Waals surface area contributed by atoms with E-state index in [0.717, 1.165) is 0 Å². The second kappa shape index (κ2) is 121. The molecule has 0 unspecified atom stereocenters. The summed E-state index contributed by atoms with van der Waals surface area (Å²) >= 11 is 0. The maximum atomic E-state index is 2.00. The Morgan fingerprint density at radius 3 is 1.00 bits per heavy atom. The third-order valence-electron chi connectivity index (χ3n) is 0. The number of hydrogen-bond donors (Lipinski definition) is 0. The van der Waals surface area contributed by atoms with Gasteiger partial charge in [0, 0.05) is 0 Å². The van der Waals surface area contributed by atoms with Gasteiger partial charge in [0.15, 0.2) is 0 Å². The molecule has 0 saturated carbocycles. The van der Waals surface area contributed by atoms with Gasteiger partial charge in [-0.3, -0.25) is 0 Å². The van der Waals surface area contributed by atoms with E-state index >= 15 is 0 Å². The largest absolute Gasteiger partial charge is 2.00 e. The molecule has 0 spiro atoms. The van der Waals surface area contributed by atoms with Crippen LogP contribution in [0.15, 0.2) is 0 Å². The van der Waals surface area contributed by atoms with Crippen molar-refractivity contribution in [1.82, 2.24) is 0 Å². The molecular weight excluding hydrogens is 268 g/mol. The maximum absolute atomic E-state index is 2.00. The van der Waals surface area contributed by atoms with Crippen LogP contribution in [0.1, 0.15) is 35.1 Å². The Balaban J connectivity index is -0.00000000567. The molecule has 0 aromatic carbocycles. The molecule has 0 saturated heterocycles. The summed E-state index contributed by atoms with van der Waals surface area (Å²) in [6.07, 6.45) is 2.00. The van der Waals surface area contributed by atoms with Gasteiger partial charge in [-0.1, -0.05) is 21.3 Å². The summed E-state index contributed by atoms with van der Waals surface area (Å²) in [5, 5.41) is 0. The zero-order valence-corrected chi connectivity index (χ0v) is 8.92. The van der Waals surface area contributed by atoms with Crippen molar-refractivity contribution >= 4 is 0 Å². The second-order valence-corrected chi connectivity index (χ2v) is 0.577. The molecule has 0 aromatic heterocycles. The molecular formula is C7H20W. The fraction of sp³-hybridized carbons (Fsp3) is 0.714. The third kappa shape index (κ3) is 457. The van der Waals surface area contributed by atoms with E-state index in [1.165, 1.54) is 0 Å². The van der Waals surface area contributed by atoms with Crippen molar-refractivity contribution in [2.75, 3.05) is 0 Å². The second-order valence-electron chi connectivity index (χ2n) is 0.577. The molecule has 0 heterocycles. The zero-order valence-electron chi connectivity index (χ0n) is 5.99. The standard InChI is InChI=1S/C3H7.C2H6.CH4.CH3.W/c1-3-2;1-2;;;/h3H,1-2H3;1-2H3;1H4;1H3;/q-1;;;-1;+2. The first-order valence-electron chi connectivity index (χ1n) is 2.15. The SMILES string of the molecule is C.CC.C[CH-]C.[CH3-].[W+2]. The summed E-state index contributed by atoms with van der Waals surface area (Å²) in [6, 6.07) is 0. The van der Waals surface area contributed by atoms with Crippen molar-refractivity contribution < 1.29 is 21.1 Å². The zero-order chi connectivity index (χ0) is 4.71. The van der Waals surface area contributed by atoms with Gasteiger partial charge in [0.1, 0.15) is 0 Å². The van der Waals surface area contributed by atoms with E-state index < -0.39 is 0 Å². The van der Waals surface area contributed by atoms with Gasteiger partial charge >= 0.3 is 21.1 Å². The van der Waals surface area contributed by atoms with Gasteiger partial charge in [0.05, 0.1) is 0 Å². The van der Waals surface area contributed by atoms with Gasteiger partial charge in [0.2, 0.25) is 0 Å². The van der Waals surface area contributed by atoms with E-state index in [9.17, 15) is 0 Å². The van der Waals surface area contributed by atoms with Gasteiger partial charge < -0.3 is 13.8 Å². The van der Waals surface area contributed by atoms with Crippen LogP contribution in [0.5, 0.6) is 0 Å². The molecule has 0 fully saturated rings. The Morgan fingerprint density at radius 2 is 1.00 bits per heavy atom. The predicted octanol–water partition coefficient (Wildman–Crippen LogP) is 3.34. The number of rotatable bonds is 0. The van der Waals surface area contributed by atoms with Crippen molar-refractivity contribution in [2.45, 2.75) is 35.1 Å². The summed E-state index contributed by atoms with van der Waals surface area (Å²) in [4.78, 5) is 0. The Hall–Kier alpha value is 0.688. The Kier molecular flexibility index (Phi) is 569. The van der Waals surface area contributed by atoms with E-state index in [-0.39, 0.29) is 35.9 Å². The smallest absolute Gasteiger partial charge is 0.358 e. The predicted molar refractivity (Wildman–Crippen MR) is 40.1 cm³/mol. The van der Waals surface area contributed by atoms with Crippen molar-refractivity contribution in [3.05, 3.63) is 13.8 Å². The van der Waals surface area contributed by atoms with Crippen molar-refractivity contribution in [1.29, 1.82) is 0 Å². The van der Waals surface area contributed by atoms with E-state index in [1.54, 1.807) is 0 Å². The van der Waals surface area contributed by atoms with Crippen molar-refractivity contribution in [2.24, 2.45) is 0 Å². The summed E-state index contributed by atoms with van der Waals surface area (Å²) in [7, 11) is 0. The fourth-order valence-electron chi connectivity index (χ4n) is 0. The first-order valence-corrected chi connectivity index (χ1v) is 2.15. The van der Waals surface area contributed by atoms with Crippen LogP contribution >= 0.6 is 0 Å². The molecule has 1 heteroatoms. The van der Waals surface area contributed by atoms with Crippen LogP contribution in [-0.2, 0) is 21.1 Å². The molecule has 0 aliphatic carbocycles. The molecule has 0 N–H and O–H groups in total. The summed E-state index contributed by atoms with van der Waals surface area (Å²) in [5.74, 6) is 0. The van der Waals surface area contributed by atoms with Gasteiger partial charge in [-0.2, -0.15) is 13.8 Å². The topological polar surface area (TPSA) is 0 Å². The Morgan fingerprint density at radius 1 is 1.00 bits per heavy atom. The Bertz CT molecular complexity index is 4.35. The van der Waals surface area contributed by atoms with Gasteiger partial charge in [-0.25, -0.2) is 0 Å². The monoisotopic (exact) mass is 288 g/mol. The van der Waals surface area contributed by atoms with Crippen molar-refractivity contribution in [3.63, 3.8) is 0 Å². The first kappa shape index (κ1) is 37.8. The van der Waals surface area contributed by atoms with Crippen LogP contribution in [0, 0.1) is 13.8 Å². The maximum Gasteiger partial charge on any atom is 2.00 e. The first-order chi connectivity index (χ1) is 2.41. The molecule has 8 heavy (non-hydrogen) atoms. The quantitative estimate of drug-likeness (QED) is 0.600. The summed E-state index contributed by atoms with van der Waals surface area (Å²) in [6.45, 7) is 8.00. The van der Waals surface area contributed by atoms with E-state index in [4.69, 9.17) is 0 Å². The van der Waals surface area contributed by atoms with Gasteiger partial charge in [-0.15, -0.1) is 0 Å². The van der Waals surface area contributed by atoms with E-state index in [2.05, 4.69) is 0 Å². The van der Waals surface area contributed by atoms with Crippen LogP contribution in [0.25, 0.3) is 0 Å². The molecule has 0 aliphatic rings. The molecule has 0 amide bonds. The third-order valence-corrected chi connectivity index (χ3v) is 0. The normalized spacial score (nSPS) is 3.00. The fourth-order valence-corrected chi connectivity index (χ4v) is 0. The minimum Gasteiger partial charge on any atom is -0.358 e. The van der Waals surface area contributed by atoms with Crippen molar-refractivity contribution in [3.8, 4) is 0 Å². The molecule has 0 nitrogen and oxygen atoms in total.